The Morgan fingerprint density at radius 3 is 2.47 bits per heavy atom. The number of hydrogen-bond donors (Lipinski definition) is 1. The Morgan fingerprint density at radius 2 is 1.82 bits per heavy atom. The molecule has 1 aliphatic rings. The van der Waals surface area contributed by atoms with E-state index in [0.717, 1.165) is 47.1 Å². The molecule has 0 bridgehead atoms. The topological polar surface area (TPSA) is 89.5 Å². The SMILES string of the molecule is CC(C)(C)OC(=O)N1CCC[C@H]1c1ncc(-c2ccc(-c3cc[nH]c(=O)c3)cc2)n1COCC[Si](C)(C)C. The molecule has 3 heterocycles. The Hall–Kier alpha value is -3.17. The second-order valence-electron chi connectivity index (χ2n) is 12.1. The Bertz CT molecular complexity index is 1300. The molecule has 0 unspecified atom stereocenters. The Morgan fingerprint density at radius 1 is 1.11 bits per heavy atom. The number of hydrogen-bond acceptors (Lipinski definition) is 5. The van der Waals surface area contributed by atoms with Crippen molar-refractivity contribution in [1.29, 1.82) is 0 Å². The van der Waals surface area contributed by atoms with Gasteiger partial charge in [-0.2, -0.15) is 0 Å². The minimum atomic E-state index is -1.23. The lowest BCUT2D eigenvalue weighted by atomic mass is 10.0. The van der Waals surface area contributed by atoms with Gasteiger partial charge < -0.3 is 19.0 Å². The number of imidazole rings is 1. The number of pyridine rings is 1. The van der Waals surface area contributed by atoms with Crippen LogP contribution in [-0.4, -0.2) is 52.4 Å². The summed E-state index contributed by atoms with van der Waals surface area (Å²) in [5.74, 6) is 0.815. The Kier molecular flexibility index (Phi) is 8.27. The maximum atomic E-state index is 13.0. The third-order valence-electron chi connectivity index (χ3n) is 6.57. The zero-order valence-corrected chi connectivity index (χ0v) is 24.4. The highest BCUT2D eigenvalue weighted by molar-refractivity contribution is 6.76. The maximum Gasteiger partial charge on any atom is 0.410 e. The van der Waals surface area contributed by atoms with E-state index in [1.165, 1.54) is 0 Å². The molecule has 0 radical (unpaired) electrons. The van der Waals surface area contributed by atoms with Gasteiger partial charge >= 0.3 is 6.09 Å². The molecule has 0 saturated carbocycles. The molecule has 38 heavy (non-hydrogen) atoms. The number of ether oxygens (including phenoxy) is 2. The van der Waals surface area contributed by atoms with Crippen LogP contribution in [-0.2, 0) is 16.2 Å². The van der Waals surface area contributed by atoms with Crippen LogP contribution >= 0.6 is 0 Å². The average molecular weight is 537 g/mol. The van der Waals surface area contributed by atoms with E-state index in [9.17, 15) is 9.59 Å². The van der Waals surface area contributed by atoms with E-state index in [0.29, 0.717) is 19.9 Å². The van der Waals surface area contributed by atoms with Crippen molar-refractivity contribution in [3.63, 3.8) is 0 Å². The number of nitrogens with one attached hydrogen (secondary N) is 1. The lowest BCUT2D eigenvalue weighted by Crippen LogP contribution is -2.37. The third-order valence-corrected chi connectivity index (χ3v) is 8.28. The number of likely N-dealkylation sites (tertiary alicyclic amines) is 1. The fourth-order valence-electron chi connectivity index (χ4n) is 4.59. The number of aromatic amines is 1. The molecule has 3 aromatic rings. The molecule has 1 atom stereocenters. The summed E-state index contributed by atoms with van der Waals surface area (Å²) in [6, 6.07) is 12.5. The first-order chi connectivity index (χ1) is 17.9. The largest absolute Gasteiger partial charge is 0.444 e. The van der Waals surface area contributed by atoms with E-state index in [2.05, 4.69) is 29.2 Å². The monoisotopic (exact) mass is 536 g/mol. The molecular formula is C29H40N4O4Si. The lowest BCUT2D eigenvalue weighted by Gasteiger charge is -2.29. The predicted octanol–water partition coefficient (Wildman–Crippen LogP) is 6.29. The molecule has 1 aromatic carbocycles. The first kappa shape index (κ1) is 27.9. The van der Waals surface area contributed by atoms with E-state index in [-0.39, 0.29) is 17.7 Å². The van der Waals surface area contributed by atoms with Gasteiger partial charge in [0.15, 0.2) is 0 Å². The minimum Gasteiger partial charge on any atom is -0.444 e. The molecule has 1 fully saturated rings. The van der Waals surface area contributed by atoms with Crippen LogP contribution in [0.2, 0.25) is 25.7 Å². The van der Waals surface area contributed by atoms with Crippen molar-refractivity contribution >= 4 is 14.2 Å². The van der Waals surface area contributed by atoms with Crippen molar-refractivity contribution in [3.8, 4) is 22.4 Å². The van der Waals surface area contributed by atoms with Gasteiger partial charge in [-0.1, -0.05) is 43.9 Å². The summed E-state index contributed by atoms with van der Waals surface area (Å²) >= 11 is 0. The van der Waals surface area contributed by atoms with Crippen molar-refractivity contribution < 1.29 is 14.3 Å². The van der Waals surface area contributed by atoms with Crippen LogP contribution in [0.5, 0.6) is 0 Å². The molecule has 1 N–H and O–H groups in total. The van der Waals surface area contributed by atoms with Crippen LogP contribution in [0, 0.1) is 0 Å². The molecule has 9 heteroatoms. The number of H-pyrrole nitrogens is 1. The van der Waals surface area contributed by atoms with Gasteiger partial charge in [0.1, 0.15) is 18.2 Å². The molecule has 1 saturated heterocycles. The summed E-state index contributed by atoms with van der Waals surface area (Å²) in [6.07, 6.45) is 4.94. The van der Waals surface area contributed by atoms with E-state index in [4.69, 9.17) is 14.5 Å². The smallest absolute Gasteiger partial charge is 0.410 e. The summed E-state index contributed by atoms with van der Waals surface area (Å²) < 4.78 is 14.0. The van der Waals surface area contributed by atoms with Gasteiger partial charge in [-0.25, -0.2) is 9.78 Å². The zero-order chi connectivity index (χ0) is 27.5. The summed E-state index contributed by atoms with van der Waals surface area (Å²) in [5.41, 5.74) is 3.06. The van der Waals surface area contributed by atoms with Gasteiger partial charge in [0.25, 0.3) is 0 Å². The lowest BCUT2D eigenvalue weighted by molar-refractivity contribution is 0.0204. The molecule has 0 aliphatic carbocycles. The quantitative estimate of drug-likeness (QED) is 0.270. The van der Waals surface area contributed by atoms with Crippen LogP contribution in [0.1, 0.15) is 45.5 Å². The molecule has 1 amide bonds. The minimum absolute atomic E-state index is 0.129. The van der Waals surface area contributed by atoms with Crippen molar-refractivity contribution in [2.24, 2.45) is 0 Å². The highest BCUT2D eigenvalue weighted by atomic mass is 28.3. The van der Waals surface area contributed by atoms with E-state index in [1.54, 1.807) is 17.2 Å². The van der Waals surface area contributed by atoms with Crippen LogP contribution in [0.15, 0.2) is 53.6 Å². The molecule has 4 rings (SSSR count). The Balaban J connectivity index is 1.64. The van der Waals surface area contributed by atoms with Crippen molar-refractivity contribution in [1.82, 2.24) is 19.4 Å². The summed E-state index contributed by atoms with van der Waals surface area (Å²) in [6.45, 7) is 14.4. The molecule has 0 spiro atoms. The Labute approximate surface area is 226 Å². The van der Waals surface area contributed by atoms with Crippen molar-refractivity contribution in [2.75, 3.05) is 13.2 Å². The number of benzene rings is 1. The van der Waals surface area contributed by atoms with Gasteiger partial charge in [-0.3, -0.25) is 9.69 Å². The van der Waals surface area contributed by atoms with E-state index in [1.807, 2.05) is 57.3 Å². The second kappa shape index (κ2) is 11.3. The van der Waals surface area contributed by atoms with Gasteiger partial charge in [-0.05, 0) is 62.4 Å². The molecule has 1 aliphatic heterocycles. The van der Waals surface area contributed by atoms with Crippen LogP contribution < -0.4 is 5.56 Å². The van der Waals surface area contributed by atoms with Gasteiger partial charge in [0.2, 0.25) is 5.56 Å². The second-order valence-corrected chi connectivity index (χ2v) is 17.7. The van der Waals surface area contributed by atoms with Gasteiger partial charge in [0, 0.05) is 33.5 Å². The van der Waals surface area contributed by atoms with E-state index >= 15 is 0 Å². The third kappa shape index (κ3) is 7.02. The number of amides is 1. The van der Waals surface area contributed by atoms with Gasteiger partial charge in [-0.15, -0.1) is 0 Å². The molecule has 204 valence electrons. The first-order valence-electron chi connectivity index (χ1n) is 13.3. The number of rotatable bonds is 8. The number of aromatic nitrogens is 3. The average Bonchev–Trinajstić information content (AvgIpc) is 3.47. The molecule has 8 nitrogen and oxygen atoms in total. The normalized spacial score (nSPS) is 16.2. The van der Waals surface area contributed by atoms with Crippen molar-refractivity contribution in [3.05, 3.63) is 65.0 Å². The van der Waals surface area contributed by atoms with E-state index < -0.39 is 13.7 Å². The zero-order valence-electron chi connectivity index (χ0n) is 23.4. The summed E-state index contributed by atoms with van der Waals surface area (Å²) in [4.78, 5) is 34.0. The number of nitrogens with zero attached hydrogens (tertiary/aromatic N) is 3. The fraction of sp³-hybridized carbons (Fsp3) is 0.483. The standard InChI is InChI=1S/C29H40N4O4Si/c1-29(2,3)37-28(35)32-15-7-8-24(32)27-31-19-25(33(27)20-36-16-17-38(4,5)6)22-11-9-21(10-12-22)23-13-14-30-26(34)18-23/h9-14,18-19,24H,7-8,15-17,20H2,1-6H3,(H,30,34)/t24-/m0/s1. The van der Waals surface area contributed by atoms with Gasteiger partial charge in [0.05, 0.1) is 17.9 Å². The fourth-order valence-corrected chi connectivity index (χ4v) is 5.34. The summed E-state index contributed by atoms with van der Waals surface area (Å²) in [7, 11) is -1.23. The number of carbonyl (C=O) groups excluding carboxylic acids is 1. The first-order valence-corrected chi connectivity index (χ1v) is 17.0. The van der Waals surface area contributed by atoms with Crippen LogP contribution in [0.25, 0.3) is 22.4 Å². The van der Waals surface area contributed by atoms with Crippen LogP contribution in [0.4, 0.5) is 4.79 Å². The highest BCUT2D eigenvalue weighted by Gasteiger charge is 2.36. The molecular weight excluding hydrogens is 496 g/mol. The highest BCUT2D eigenvalue weighted by Crippen LogP contribution is 2.35. The van der Waals surface area contributed by atoms with Crippen molar-refractivity contribution in [2.45, 2.75) is 77.7 Å². The number of carbonyl (C=O) groups is 1. The summed E-state index contributed by atoms with van der Waals surface area (Å²) in [5, 5.41) is 0. The maximum absolute atomic E-state index is 13.0. The predicted molar refractivity (Wildman–Crippen MR) is 153 cm³/mol. The van der Waals surface area contributed by atoms with Crippen LogP contribution in [0.3, 0.4) is 0 Å². The molecule has 2 aromatic heterocycles.